The van der Waals surface area contributed by atoms with Crippen molar-refractivity contribution in [3.05, 3.63) is 45.9 Å². The SMILES string of the molecule is C[NH2+]/C(=C\C(=O)C(=N)c1cc(C=O)c(Cl)cc1F)C(F)(F)F. The van der Waals surface area contributed by atoms with Gasteiger partial charge in [-0.15, -0.1) is 0 Å². The summed E-state index contributed by atoms with van der Waals surface area (Å²) in [7, 11) is 1.07. The standard InChI is InChI=1S/C13H9ClF4N2O2/c1-20-11(13(16,17)18)4-10(22)12(19)7-2-6(5-21)8(14)3-9(7)15/h2-5,19-20H,1H3/p+1/b11-4-,19-12?. The Kier molecular flexibility index (Phi) is 5.56. The van der Waals surface area contributed by atoms with Gasteiger partial charge in [0.05, 0.1) is 18.1 Å². The zero-order chi connectivity index (χ0) is 17.1. The first-order valence-electron chi connectivity index (χ1n) is 5.77. The topological polar surface area (TPSA) is 74.6 Å². The average Bonchev–Trinajstić information content (AvgIpc) is 2.42. The minimum atomic E-state index is -4.77. The highest BCUT2D eigenvalue weighted by Gasteiger charge is 2.38. The Morgan fingerprint density at radius 2 is 1.95 bits per heavy atom. The number of allylic oxidation sites excluding steroid dienone is 2. The number of carbonyl (C=O) groups excluding carboxylic acids is 2. The van der Waals surface area contributed by atoms with Gasteiger partial charge in [0, 0.05) is 11.1 Å². The van der Waals surface area contributed by atoms with Crippen molar-refractivity contribution >= 4 is 29.4 Å². The van der Waals surface area contributed by atoms with Crippen LogP contribution < -0.4 is 5.32 Å². The second-order valence-corrected chi connectivity index (χ2v) is 4.50. The van der Waals surface area contributed by atoms with E-state index in [-0.39, 0.29) is 22.9 Å². The van der Waals surface area contributed by atoms with Gasteiger partial charge >= 0.3 is 6.18 Å². The number of nitrogens with one attached hydrogen (secondary N) is 1. The zero-order valence-electron chi connectivity index (χ0n) is 11.1. The number of nitrogens with two attached hydrogens (primary N) is 1. The summed E-state index contributed by atoms with van der Waals surface area (Å²) in [6, 6.07) is 1.55. The van der Waals surface area contributed by atoms with Crippen LogP contribution in [0.1, 0.15) is 15.9 Å². The molecular formula is C13H10ClF4N2O2+. The molecule has 0 heterocycles. The van der Waals surface area contributed by atoms with E-state index in [0.717, 1.165) is 13.1 Å². The average molecular weight is 338 g/mol. The van der Waals surface area contributed by atoms with Crippen molar-refractivity contribution in [2.45, 2.75) is 6.18 Å². The number of rotatable bonds is 5. The van der Waals surface area contributed by atoms with Gasteiger partial charge in [0.1, 0.15) is 11.5 Å². The van der Waals surface area contributed by atoms with Crippen LogP contribution in [0.5, 0.6) is 0 Å². The van der Waals surface area contributed by atoms with E-state index in [4.69, 9.17) is 17.0 Å². The molecule has 0 atom stereocenters. The van der Waals surface area contributed by atoms with Gasteiger partial charge in [-0.1, -0.05) is 11.6 Å². The van der Waals surface area contributed by atoms with E-state index in [2.05, 4.69) is 0 Å². The lowest BCUT2D eigenvalue weighted by atomic mass is 10.0. The Bertz CT molecular complexity index is 669. The number of carbonyl (C=O) groups is 2. The minimum absolute atomic E-state index is 0.183. The van der Waals surface area contributed by atoms with Crippen molar-refractivity contribution in [3.63, 3.8) is 0 Å². The van der Waals surface area contributed by atoms with Gasteiger partial charge in [0.2, 0.25) is 11.5 Å². The monoisotopic (exact) mass is 337 g/mol. The summed E-state index contributed by atoms with van der Waals surface area (Å²) in [5.41, 5.74) is -3.06. The van der Waals surface area contributed by atoms with Crippen molar-refractivity contribution in [2.75, 3.05) is 7.05 Å². The summed E-state index contributed by atoms with van der Waals surface area (Å²) in [5.74, 6) is -2.43. The van der Waals surface area contributed by atoms with E-state index in [1.54, 1.807) is 0 Å². The van der Waals surface area contributed by atoms with Crippen LogP contribution in [0.4, 0.5) is 17.6 Å². The molecule has 1 rings (SSSR count). The van der Waals surface area contributed by atoms with Gasteiger partial charge in [0.25, 0.3) is 0 Å². The Morgan fingerprint density at radius 1 is 1.36 bits per heavy atom. The number of ketones is 1. The first-order chi connectivity index (χ1) is 10.1. The maximum absolute atomic E-state index is 13.7. The molecule has 0 aliphatic carbocycles. The Morgan fingerprint density at radius 3 is 2.41 bits per heavy atom. The highest BCUT2D eigenvalue weighted by atomic mass is 35.5. The van der Waals surface area contributed by atoms with Crippen LogP contribution >= 0.6 is 11.6 Å². The third-order valence-corrected chi connectivity index (χ3v) is 2.98. The lowest BCUT2D eigenvalue weighted by molar-refractivity contribution is -0.597. The molecule has 0 radical (unpaired) electrons. The van der Waals surface area contributed by atoms with Gasteiger partial charge in [-0.2, -0.15) is 13.2 Å². The molecular weight excluding hydrogens is 328 g/mol. The Balaban J connectivity index is 3.24. The summed E-state index contributed by atoms with van der Waals surface area (Å²) >= 11 is 5.56. The second-order valence-electron chi connectivity index (χ2n) is 4.10. The van der Waals surface area contributed by atoms with Crippen molar-refractivity contribution in [2.24, 2.45) is 0 Å². The first-order valence-corrected chi connectivity index (χ1v) is 6.15. The molecule has 0 spiro atoms. The predicted molar refractivity (Wildman–Crippen MR) is 70.6 cm³/mol. The molecule has 118 valence electrons. The third-order valence-electron chi connectivity index (χ3n) is 2.65. The van der Waals surface area contributed by atoms with Gasteiger partial charge in [0.15, 0.2) is 6.29 Å². The first kappa shape index (κ1) is 18.0. The molecule has 1 aromatic rings. The summed E-state index contributed by atoms with van der Waals surface area (Å²) < 4.78 is 51.3. The van der Waals surface area contributed by atoms with Gasteiger partial charge in [-0.3, -0.25) is 15.0 Å². The number of benzene rings is 1. The molecule has 1 aromatic carbocycles. The Labute approximate surface area is 127 Å². The molecule has 0 aromatic heterocycles. The van der Waals surface area contributed by atoms with Gasteiger partial charge in [-0.05, 0) is 12.1 Å². The van der Waals surface area contributed by atoms with Crippen LogP contribution in [0.2, 0.25) is 5.02 Å². The fourth-order valence-electron chi connectivity index (χ4n) is 1.52. The number of hydrogen-bond donors (Lipinski definition) is 2. The molecule has 4 nitrogen and oxygen atoms in total. The maximum atomic E-state index is 13.7. The molecule has 0 aliphatic rings. The molecule has 22 heavy (non-hydrogen) atoms. The smallest absolute Gasteiger partial charge is 0.312 e. The highest BCUT2D eigenvalue weighted by molar-refractivity contribution is 6.49. The minimum Gasteiger partial charge on any atom is -0.312 e. The molecule has 0 saturated carbocycles. The van der Waals surface area contributed by atoms with E-state index < -0.39 is 34.7 Å². The van der Waals surface area contributed by atoms with E-state index in [0.29, 0.717) is 11.4 Å². The van der Waals surface area contributed by atoms with Crippen molar-refractivity contribution in [1.29, 1.82) is 5.41 Å². The Hall–Kier alpha value is -2.06. The van der Waals surface area contributed by atoms with Crippen LogP contribution in [-0.2, 0) is 4.79 Å². The van der Waals surface area contributed by atoms with Crippen LogP contribution in [0, 0.1) is 11.2 Å². The van der Waals surface area contributed by atoms with Gasteiger partial charge < -0.3 is 5.32 Å². The predicted octanol–water partition coefficient (Wildman–Crippen LogP) is 1.87. The van der Waals surface area contributed by atoms with Gasteiger partial charge in [-0.25, -0.2) is 4.39 Å². The van der Waals surface area contributed by atoms with Crippen molar-refractivity contribution < 1.29 is 32.5 Å². The van der Waals surface area contributed by atoms with E-state index in [1.165, 1.54) is 0 Å². The van der Waals surface area contributed by atoms with Crippen LogP contribution in [0.25, 0.3) is 0 Å². The lowest BCUT2D eigenvalue weighted by Crippen LogP contribution is -2.80. The summed E-state index contributed by atoms with van der Waals surface area (Å²) in [5, 5.41) is 7.94. The van der Waals surface area contributed by atoms with E-state index in [1.807, 2.05) is 0 Å². The van der Waals surface area contributed by atoms with Crippen LogP contribution in [0.15, 0.2) is 23.9 Å². The fraction of sp³-hybridized carbons (Fsp3) is 0.154. The molecule has 0 amide bonds. The van der Waals surface area contributed by atoms with Crippen molar-refractivity contribution in [1.82, 2.24) is 0 Å². The second kappa shape index (κ2) is 6.80. The number of quaternary nitrogens is 1. The highest BCUT2D eigenvalue weighted by Crippen LogP contribution is 2.22. The normalized spacial score (nSPS) is 12.2. The van der Waals surface area contributed by atoms with Crippen LogP contribution in [0.3, 0.4) is 0 Å². The largest absolute Gasteiger partial charge is 0.466 e. The molecule has 0 bridgehead atoms. The number of aldehydes is 1. The molecule has 0 unspecified atom stereocenters. The zero-order valence-corrected chi connectivity index (χ0v) is 11.8. The summed E-state index contributed by atoms with van der Waals surface area (Å²) in [6.45, 7) is 0. The number of hydrogen-bond acceptors (Lipinski definition) is 3. The fourth-order valence-corrected chi connectivity index (χ4v) is 1.72. The maximum Gasteiger partial charge on any atom is 0.466 e. The number of halogens is 5. The summed E-state index contributed by atoms with van der Waals surface area (Å²) in [4.78, 5) is 22.4. The quantitative estimate of drug-likeness (QED) is 0.372. The van der Waals surface area contributed by atoms with E-state index in [9.17, 15) is 27.2 Å². The van der Waals surface area contributed by atoms with Crippen LogP contribution in [-0.4, -0.2) is 31.0 Å². The molecule has 0 aliphatic heterocycles. The molecule has 3 N–H and O–H groups in total. The third kappa shape index (κ3) is 3.99. The molecule has 9 heteroatoms. The molecule has 0 fully saturated rings. The molecule has 0 saturated heterocycles. The summed E-state index contributed by atoms with van der Waals surface area (Å²) in [6.07, 6.45) is -4.30. The number of alkyl halides is 3. The van der Waals surface area contributed by atoms with Crippen molar-refractivity contribution in [3.8, 4) is 0 Å². The van der Waals surface area contributed by atoms with E-state index >= 15 is 0 Å². The lowest BCUT2D eigenvalue weighted by Gasteiger charge is -2.08.